The Morgan fingerprint density at radius 1 is 1.42 bits per heavy atom. The molecule has 0 aliphatic carbocycles. The molecule has 24 heavy (non-hydrogen) atoms. The van der Waals surface area contributed by atoms with Crippen LogP contribution in [0.15, 0.2) is 0 Å². The summed E-state index contributed by atoms with van der Waals surface area (Å²) in [4.78, 5) is 13.7. The molecule has 0 spiro atoms. The van der Waals surface area contributed by atoms with E-state index in [4.69, 9.17) is 4.74 Å². The largest absolute Gasteiger partial charge is 0.444 e. The Labute approximate surface area is 139 Å². The van der Waals surface area contributed by atoms with Crippen LogP contribution in [-0.4, -0.2) is 44.1 Å². The summed E-state index contributed by atoms with van der Waals surface area (Å²) in [7, 11) is 0. The molecule has 8 heteroatoms. The molecule has 1 atom stereocenters. The minimum Gasteiger partial charge on any atom is -0.444 e. The number of amides is 1. The molecule has 0 aromatic carbocycles. The van der Waals surface area contributed by atoms with E-state index < -0.39 is 30.1 Å². The maximum Gasteiger partial charge on any atom is 0.410 e. The number of fused-ring (bicyclic) bond motifs is 3. The lowest BCUT2D eigenvalue weighted by Gasteiger charge is -2.30. The van der Waals surface area contributed by atoms with Gasteiger partial charge in [-0.3, -0.25) is 4.68 Å². The van der Waals surface area contributed by atoms with E-state index in [9.17, 15) is 18.7 Å². The topological polar surface area (TPSA) is 67.6 Å². The number of carbonyl (C=O) groups is 1. The normalized spacial score (nSPS) is 23.2. The van der Waals surface area contributed by atoms with Gasteiger partial charge in [0.15, 0.2) is 0 Å². The number of aliphatic hydroxyl groups is 1. The number of hydrogen-bond acceptors (Lipinski definition) is 4. The summed E-state index contributed by atoms with van der Waals surface area (Å²) in [6.45, 7) is 5.80. The first-order chi connectivity index (χ1) is 11.1. The van der Waals surface area contributed by atoms with Crippen molar-refractivity contribution >= 4 is 6.09 Å². The average Bonchev–Trinajstić information content (AvgIpc) is 2.75. The van der Waals surface area contributed by atoms with Crippen molar-refractivity contribution in [2.75, 3.05) is 6.54 Å². The number of halogens is 2. The summed E-state index contributed by atoms with van der Waals surface area (Å²) < 4.78 is 35.7. The van der Waals surface area contributed by atoms with E-state index in [-0.39, 0.29) is 25.2 Å². The molecular weight excluding hydrogens is 320 g/mol. The summed E-state index contributed by atoms with van der Waals surface area (Å²) in [5.41, 5.74) is 0.175. The van der Waals surface area contributed by atoms with Gasteiger partial charge in [-0.25, -0.2) is 4.79 Å². The third-order valence-electron chi connectivity index (χ3n) is 4.27. The Balaban J connectivity index is 1.90. The van der Waals surface area contributed by atoms with Crippen LogP contribution < -0.4 is 0 Å². The number of rotatable bonds is 0. The Kier molecular flexibility index (Phi) is 4.06. The molecular formula is C16H23F2N3O3. The molecule has 1 amide bonds. The maximum absolute atomic E-state index is 14.5. The number of aliphatic hydroxyl groups excluding tert-OH is 1. The molecule has 134 valence electrons. The van der Waals surface area contributed by atoms with Crippen LogP contribution in [-0.2, 0) is 30.2 Å². The first kappa shape index (κ1) is 17.1. The fraction of sp³-hybridized carbons (Fsp3) is 0.750. The fourth-order valence-corrected chi connectivity index (χ4v) is 3.21. The van der Waals surface area contributed by atoms with Crippen LogP contribution >= 0.6 is 0 Å². The van der Waals surface area contributed by atoms with E-state index in [1.807, 2.05) is 0 Å². The van der Waals surface area contributed by atoms with Gasteiger partial charge in [0.05, 0.1) is 24.9 Å². The van der Waals surface area contributed by atoms with Crippen molar-refractivity contribution in [1.82, 2.24) is 14.7 Å². The molecule has 0 fully saturated rings. The summed E-state index contributed by atoms with van der Waals surface area (Å²) in [5, 5.41) is 14.1. The second-order valence-electron chi connectivity index (χ2n) is 7.50. The fourth-order valence-electron chi connectivity index (χ4n) is 3.21. The van der Waals surface area contributed by atoms with Crippen LogP contribution in [0, 0.1) is 0 Å². The number of alkyl halides is 2. The predicted molar refractivity (Wildman–Crippen MR) is 81.7 cm³/mol. The zero-order chi connectivity index (χ0) is 17.7. The summed E-state index contributed by atoms with van der Waals surface area (Å²) >= 11 is 0. The highest BCUT2D eigenvalue weighted by Gasteiger charge is 2.43. The van der Waals surface area contributed by atoms with Crippen molar-refractivity contribution in [1.29, 1.82) is 0 Å². The Morgan fingerprint density at radius 3 is 2.79 bits per heavy atom. The van der Waals surface area contributed by atoms with Crippen LogP contribution in [0.5, 0.6) is 0 Å². The highest BCUT2D eigenvalue weighted by Crippen LogP contribution is 2.40. The maximum atomic E-state index is 14.5. The minimum atomic E-state index is -3.06. The molecule has 0 bridgehead atoms. The van der Waals surface area contributed by atoms with Crippen molar-refractivity contribution in [3.05, 3.63) is 17.0 Å². The molecule has 0 saturated heterocycles. The van der Waals surface area contributed by atoms with Gasteiger partial charge in [0, 0.05) is 24.9 Å². The molecule has 2 aliphatic heterocycles. The van der Waals surface area contributed by atoms with E-state index >= 15 is 0 Å². The molecule has 1 aromatic heterocycles. The molecule has 0 unspecified atom stereocenters. The highest BCUT2D eigenvalue weighted by molar-refractivity contribution is 5.68. The molecule has 1 aromatic rings. The second-order valence-corrected chi connectivity index (χ2v) is 7.50. The molecule has 0 saturated carbocycles. The third kappa shape index (κ3) is 3.24. The Bertz CT molecular complexity index is 652. The average molecular weight is 343 g/mol. The number of carbonyl (C=O) groups excluding carboxylic acids is 1. The monoisotopic (exact) mass is 343 g/mol. The van der Waals surface area contributed by atoms with Gasteiger partial charge in [-0.05, 0) is 27.2 Å². The van der Waals surface area contributed by atoms with Gasteiger partial charge >= 0.3 is 6.09 Å². The quantitative estimate of drug-likeness (QED) is 0.786. The van der Waals surface area contributed by atoms with Gasteiger partial charge < -0.3 is 14.7 Å². The number of aromatic nitrogens is 2. The van der Waals surface area contributed by atoms with Crippen LogP contribution in [0.25, 0.3) is 0 Å². The number of hydrogen-bond donors (Lipinski definition) is 1. The van der Waals surface area contributed by atoms with Crippen molar-refractivity contribution in [3.8, 4) is 0 Å². The van der Waals surface area contributed by atoms with Gasteiger partial charge in [-0.15, -0.1) is 0 Å². The van der Waals surface area contributed by atoms with Gasteiger partial charge in [-0.1, -0.05) is 0 Å². The molecule has 3 rings (SSSR count). The summed E-state index contributed by atoms with van der Waals surface area (Å²) in [6, 6.07) is 0. The lowest BCUT2D eigenvalue weighted by molar-refractivity contribution is -0.0255. The van der Waals surface area contributed by atoms with Crippen molar-refractivity contribution < 1.29 is 23.4 Å². The van der Waals surface area contributed by atoms with Gasteiger partial charge in [-0.2, -0.15) is 13.9 Å². The second kappa shape index (κ2) is 5.68. The van der Waals surface area contributed by atoms with E-state index in [1.165, 1.54) is 9.58 Å². The van der Waals surface area contributed by atoms with Crippen molar-refractivity contribution in [2.24, 2.45) is 0 Å². The van der Waals surface area contributed by atoms with Crippen LogP contribution in [0.1, 0.15) is 50.6 Å². The molecule has 3 heterocycles. The first-order valence-corrected chi connectivity index (χ1v) is 8.20. The van der Waals surface area contributed by atoms with E-state index in [2.05, 4.69) is 5.10 Å². The minimum absolute atomic E-state index is 0.0287. The van der Waals surface area contributed by atoms with Crippen LogP contribution in [0.4, 0.5) is 13.6 Å². The van der Waals surface area contributed by atoms with Crippen molar-refractivity contribution in [3.63, 3.8) is 0 Å². The lowest BCUT2D eigenvalue weighted by Crippen LogP contribution is -2.40. The van der Waals surface area contributed by atoms with E-state index in [1.54, 1.807) is 20.8 Å². The first-order valence-electron chi connectivity index (χ1n) is 8.20. The number of ether oxygens (including phenoxy) is 1. The van der Waals surface area contributed by atoms with Gasteiger partial charge in [0.2, 0.25) is 0 Å². The smallest absolute Gasteiger partial charge is 0.410 e. The van der Waals surface area contributed by atoms with E-state index in [0.29, 0.717) is 24.2 Å². The van der Waals surface area contributed by atoms with Crippen LogP contribution in [0.3, 0.4) is 0 Å². The zero-order valence-corrected chi connectivity index (χ0v) is 14.2. The molecule has 1 N–H and O–H groups in total. The molecule has 2 aliphatic rings. The standard InChI is InChI=1S/C16H23F2N3O3/c1-15(2,3)24-14(23)20-7-5-12-11(9-20)13-16(17,18)6-4-10(22)8-21(13)19-12/h10,22H,4-9H2,1-3H3/t10-/m0/s1. The van der Waals surface area contributed by atoms with Crippen molar-refractivity contribution in [2.45, 2.75) is 70.8 Å². The summed E-state index contributed by atoms with van der Waals surface area (Å²) in [6.07, 6.45) is -1.33. The molecule has 6 nitrogen and oxygen atoms in total. The SMILES string of the molecule is CC(C)(C)OC(=O)N1CCc2nn3c(c2C1)C(F)(F)CC[C@H](O)C3. The molecule has 0 radical (unpaired) electrons. The highest BCUT2D eigenvalue weighted by atomic mass is 19.3. The zero-order valence-electron chi connectivity index (χ0n) is 14.2. The predicted octanol–water partition coefficient (Wildman–Crippen LogP) is 2.42. The lowest BCUT2D eigenvalue weighted by atomic mass is 10.00. The Hall–Kier alpha value is -1.70. The van der Waals surface area contributed by atoms with E-state index in [0.717, 1.165) is 0 Å². The third-order valence-corrected chi connectivity index (χ3v) is 4.27. The Morgan fingerprint density at radius 2 is 2.12 bits per heavy atom. The summed E-state index contributed by atoms with van der Waals surface area (Å²) in [5.74, 6) is -3.06. The van der Waals surface area contributed by atoms with Gasteiger partial charge in [0.25, 0.3) is 5.92 Å². The van der Waals surface area contributed by atoms with Crippen LogP contribution in [0.2, 0.25) is 0 Å². The number of nitrogens with zero attached hydrogens (tertiary/aromatic N) is 3. The van der Waals surface area contributed by atoms with Gasteiger partial charge in [0.1, 0.15) is 11.3 Å².